The molecule has 1 aromatic rings. The maximum absolute atomic E-state index is 12.9. The molecule has 1 amide bonds. The lowest BCUT2D eigenvalue weighted by Crippen LogP contribution is -2.44. The van der Waals surface area contributed by atoms with E-state index in [2.05, 4.69) is 11.4 Å². The number of rotatable bonds is 3. The Balaban J connectivity index is 2.23. The molecule has 1 atom stereocenters. The van der Waals surface area contributed by atoms with E-state index < -0.39 is 17.6 Å². The quantitative estimate of drug-likeness (QED) is 0.686. The molecular weight excluding hydrogens is 362 g/mol. The van der Waals surface area contributed by atoms with Crippen LogP contribution in [0, 0.1) is 18.3 Å². The molecule has 0 spiro atoms. The first-order chi connectivity index (χ1) is 12.4. The highest BCUT2D eigenvalue weighted by molar-refractivity contribution is 7.11. The normalized spacial score (nSPS) is 18.1. The van der Waals surface area contributed by atoms with Gasteiger partial charge >= 0.3 is 12.1 Å². The second-order valence-corrected chi connectivity index (χ2v) is 10.2. The lowest BCUT2D eigenvalue weighted by molar-refractivity contribution is -0.149. The monoisotopic (exact) mass is 393 g/mol. The standard InChI is InChI=1S/C21H31NO4S/c1-14-10-17(27-12-14)15-8-9-22(19(24)26-21(5,6)7)11-16(15)18(23)25-13-20(2,3)4/h8,10,12,16H,9,11,13H2,1-7H3/t16-/m0/s1. The number of nitrogens with zero attached hydrogens (tertiary/aromatic N) is 1. The summed E-state index contributed by atoms with van der Waals surface area (Å²) in [6, 6.07) is 2.07. The van der Waals surface area contributed by atoms with Crippen molar-refractivity contribution < 1.29 is 19.1 Å². The van der Waals surface area contributed by atoms with Crippen LogP contribution >= 0.6 is 11.3 Å². The highest BCUT2D eigenvalue weighted by Crippen LogP contribution is 2.33. The van der Waals surface area contributed by atoms with E-state index in [1.165, 1.54) is 0 Å². The Kier molecular flexibility index (Phi) is 6.40. The van der Waals surface area contributed by atoms with Crippen LogP contribution in [0.2, 0.25) is 0 Å². The largest absolute Gasteiger partial charge is 0.465 e. The van der Waals surface area contributed by atoms with Crippen molar-refractivity contribution in [1.29, 1.82) is 0 Å². The summed E-state index contributed by atoms with van der Waals surface area (Å²) in [4.78, 5) is 27.9. The van der Waals surface area contributed by atoms with Crippen LogP contribution in [0.25, 0.3) is 5.57 Å². The van der Waals surface area contributed by atoms with Crippen LogP contribution in [-0.4, -0.2) is 42.3 Å². The van der Waals surface area contributed by atoms with Crippen LogP contribution in [0.4, 0.5) is 4.79 Å². The average Bonchev–Trinajstić information content (AvgIpc) is 2.96. The average molecular weight is 394 g/mol. The number of esters is 1. The van der Waals surface area contributed by atoms with Gasteiger partial charge in [0, 0.05) is 18.0 Å². The van der Waals surface area contributed by atoms with E-state index in [9.17, 15) is 9.59 Å². The molecule has 6 heteroatoms. The molecule has 0 unspecified atom stereocenters. The van der Waals surface area contributed by atoms with Gasteiger partial charge in [0.25, 0.3) is 0 Å². The first kappa shape index (κ1) is 21.5. The maximum Gasteiger partial charge on any atom is 0.410 e. The minimum absolute atomic E-state index is 0.113. The molecule has 0 saturated carbocycles. The van der Waals surface area contributed by atoms with Crippen LogP contribution in [-0.2, 0) is 14.3 Å². The van der Waals surface area contributed by atoms with Crippen LogP contribution in [0.15, 0.2) is 17.5 Å². The molecular formula is C21H31NO4S. The van der Waals surface area contributed by atoms with Gasteiger partial charge in [0.15, 0.2) is 0 Å². The molecule has 0 N–H and O–H groups in total. The van der Waals surface area contributed by atoms with E-state index in [-0.39, 0.29) is 17.9 Å². The van der Waals surface area contributed by atoms with Gasteiger partial charge in [0.1, 0.15) is 11.5 Å². The van der Waals surface area contributed by atoms with Gasteiger partial charge in [0.2, 0.25) is 0 Å². The van der Waals surface area contributed by atoms with Gasteiger partial charge in [-0.25, -0.2) is 4.79 Å². The molecule has 0 bridgehead atoms. The highest BCUT2D eigenvalue weighted by Gasteiger charge is 2.35. The van der Waals surface area contributed by atoms with Gasteiger partial charge in [-0.05, 0) is 55.7 Å². The zero-order chi connectivity index (χ0) is 20.4. The maximum atomic E-state index is 12.9. The minimum Gasteiger partial charge on any atom is -0.465 e. The number of carbonyl (C=O) groups is 2. The van der Waals surface area contributed by atoms with E-state index in [0.717, 1.165) is 16.0 Å². The third-order valence-corrected chi connectivity index (χ3v) is 5.01. The lowest BCUT2D eigenvalue weighted by atomic mass is 9.93. The Hall–Kier alpha value is -1.82. The van der Waals surface area contributed by atoms with Gasteiger partial charge in [-0.3, -0.25) is 4.79 Å². The van der Waals surface area contributed by atoms with Crippen molar-refractivity contribution in [3.8, 4) is 0 Å². The van der Waals surface area contributed by atoms with Crippen LogP contribution in [0.1, 0.15) is 52.0 Å². The molecule has 1 aliphatic rings. The first-order valence-corrected chi connectivity index (χ1v) is 10.1. The molecule has 0 fully saturated rings. The third-order valence-electron chi connectivity index (χ3n) is 3.91. The Labute approximate surface area is 166 Å². The van der Waals surface area contributed by atoms with Gasteiger partial charge in [0.05, 0.1) is 6.61 Å². The molecule has 1 aliphatic heterocycles. The summed E-state index contributed by atoms with van der Waals surface area (Å²) in [6.07, 6.45) is 1.54. The number of hydrogen-bond donors (Lipinski definition) is 0. The highest BCUT2D eigenvalue weighted by atomic mass is 32.1. The summed E-state index contributed by atoms with van der Waals surface area (Å²) in [5, 5.41) is 2.06. The van der Waals surface area contributed by atoms with E-state index in [1.807, 2.05) is 54.5 Å². The number of thiophene rings is 1. The predicted octanol–water partition coefficient (Wildman–Crippen LogP) is 4.90. The zero-order valence-corrected chi connectivity index (χ0v) is 18.2. The Morgan fingerprint density at radius 3 is 2.41 bits per heavy atom. The van der Waals surface area contributed by atoms with Crippen molar-refractivity contribution in [1.82, 2.24) is 4.90 Å². The fourth-order valence-electron chi connectivity index (χ4n) is 2.66. The number of carbonyl (C=O) groups excluding carboxylic acids is 2. The molecule has 0 aliphatic carbocycles. The summed E-state index contributed by atoms with van der Waals surface area (Å²) in [5.74, 6) is -0.804. The van der Waals surface area contributed by atoms with Crippen LogP contribution in [0.5, 0.6) is 0 Å². The number of ether oxygens (including phenoxy) is 2. The number of aryl methyl sites for hydroxylation is 1. The number of hydrogen-bond acceptors (Lipinski definition) is 5. The van der Waals surface area contributed by atoms with Crippen molar-refractivity contribution in [3.05, 3.63) is 28.0 Å². The summed E-state index contributed by atoms with van der Waals surface area (Å²) >= 11 is 1.61. The van der Waals surface area contributed by atoms with Gasteiger partial charge in [-0.2, -0.15) is 0 Å². The molecule has 5 nitrogen and oxygen atoms in total. The molecule has 0 saturated heterocycles. The van der Waals surface area contributed by atoms with Crippen molar-refractivity contribution in [3.63, 3.8) is 0 Å². The summed E-state index contributed by atoms with van der Waals surface area (Å²) in [5.41, 5.74) is 1.41. The number of amides is 1. The zero-order valence-electron chi connectivity index (χ0n) is 17.4. The smallest absolute Gasteiger partial charge is 0.410 e. The Bertz CT molecular complexity index is 721. The van der Waals surface area contributed by atoms with E-state index in [0.29, 0.717) is 13.2 Å². The lowest BCUT2D eigenvalue weighted by Gasteiger charge is -2.33. The summed E-state index contributed by atoms with van der Waals surface area (Å²) < 4.78 is 11.1. The minimum atomic E-state index is -0.575. The van der Waals surface area contributed by atoms with Crippen LogP contribution < -0.4 is 0 Å². The van der Waals surface area contributed by atoms with Crippen molar-refractivity contribution in [2.75, 3.05) is 19.7 Å². The first-order valence-electron chi connectivity index (χ1n) is 9.26. The fraction of sp³-hybridized carbons (Fsp3) is 0.619. The Morgan fingerprint density at radius 1 is 1.22 bits per heavy atom. The molecule has 0 aromatic carbocycles. The predicted molar refractivity (Wildman–Crippen MR) is 109 cm³/mol. The fourth-order valence-corrected chi connectivity index (χ4v) is 3.66. The molecule has 150 valence electrons. The van der Waals surface area contributed by atoms with Gasteiger partial charge < -0.3 is 14.4 Å². The molecule has 2 rings (SSSR count). The van der Waals surface area contributed by atoms with Gasteiger partial charge in [-0.15, -0.1) is 11.3 Å². The topological polar surface area (TPSA) is 55.8 Å². The molecule has 1 aromatic heterocycles. The van der Waals surface area contributed by atoms with E-state index in [1.54, 1.807) is 16.2 Å². The SMILES string of the molecule is Cc1csc(C2=CCN(C(=O)OC(C)(C)C)C[C@@H]2C(=O)OCC(C)(C)C)c1. The second kappa shape index (κ2) is 8.05. The van der Waals surface area contributed by atoms with E-state index >= 15 is 0 Å². The summed E-state index contributed by atoms with van der Waals surface area (Å²) in [6.45, 7) is 14.6. The summed E-state index contributed by atoms with van der Waals surface area (Å²) in [7, 11) is 0. The molecule has 0 radical (unpaired) electrons. The van der Waals surface area contributed by atoms with Crippen molar-refractivity contribution in [2.24, 2.45) is 11.3 Å². The van der Waals surface area contributed by atoms with Crippen molar-refractivity contribution >= 4 is 29.0 Å². The Morgan fingerprint density at radius 2 is 1.89 bits per heavy atom. The van der Waals surface area contributed by atoms with Crippen molar-refractivity contribution in [2.45, 2.75) is 54.1 Å². The molecule has 2 heterocycles. The second-order valence-electron chi connectivity index (χ2n) is 9.25. The van der Waals surface area contributed by atoms with E-state index in [4.69, 9.17) is 9.47 Å². The molecule has 27 heavy (non-hydrogen) atoms. The van der Waals surface area contributed by atoms with Gasteiger partial charge in [-0.1, -0.05) is 26.8 Å². The third kappa shape index (κ3) is 6.38. The van der Waals surface area contributed by atoms with Crippen LogP contribution in [0.3, 0.4) is 0 Å².